The van der Waals surface area contributed by atoms with Gasteiger partial charge in [-0.1, -0.05) is 6.92 Å². The van der Waals surface area contributed by atoms with Crippen molar-refractivity contribution in [2.45, 2.75) is 51.9 Å². The first-order valence-electron chi connectivity index (χ1n) is 7.10. The molecule has 0 amide bonds. The number of hydrogen-bond acceptors (Lipinski definition) is 5. The molecule has 1 N–H and O–H groups in total. The second kappa shape index (κ2) is 7.51. The molecule has 112 valence electrons. The molecule has 0 radical (unpaired) electrons. The van der Waals surface area contributed by atoms with Gasteiger partial charge in [0, 0.05) is 13.7 Å². The number of rotatable bonds is 6. The van der Waals surface area contributed by atoms with E-state index in [1.165, 1.54) is 0 Å². The van der Waals surface area contributed by atoms with E-state index in [4.69, 9.17) is 9.47 Å². The number of nitrogens with zero attached hydrogens (tertiary/aromatic N) is 2. The van der Waals surface area contributed by atoms with Crippen LogP contribution in [0.3, 0.4) is 0 Å². The van der Waals surface area contributed by atoms with Gasteiger partial charge in [-0.25, -0.2) is 9.97 Å². The van der Waals surface area contributed by atoms with Crippen LogP contribution >= 0.6 is 22.6 Å². The third-order valence-electron chi connectivity index (χ3n) is 3.28. The van der Waals surface area contributed by atoms with Crippen molar-refractivity contribution in [3.8, 4) is 0 Å². The number of nitrogens with one attached hydrogen (secondary N) is 1. The fourth-order valence-electron chi connectivity index (χ4n) is 2.24. The second-order valence-corrected chi connectivity index (χ2v) is 6.14. The Morgan fingerprint density at radius 1 is 1.40 bits per heavy atom. The van der Waals surface area contributed by atoms with E-state index in [1.807, 2.05) is 0 Å². The Balaban J connectivity index is 2.28. The molecule has 1 saturated heterocycles. The van der Waals surface area contributed by atoms with Crippen molar-refractivity contribution in [3.63, 3.8) is 0 Å². The molecule has 0 spiro atoms. The molecule has 5 nitrogen and oxygen atoms in total. The molecular formula is C14H22IN3O2. The summed E-state index contributed by atoms with van der Waals surface area (Å²) in [6.07, 6.45) is 3.42. The Kier molecular flexibility index (Phi) is 5.98. The first-order valence-corrected chi connectivity index (χ1v) is 8.18. The highest BCUT2D eigenvalue weighted by Gasteiger charge is 2.27. The molecule has 1 aliphatic rings. The number of methoxy groups -OCH3 is 1. The summed E-state index contributed by atoms with van der Waals surface area (Å²) in [4.78, 5) is 9.30. The van der Waals surface area contributed by atoms with E-state index in [0.717, 1.165) is 46.7 Å². The predicted octanol–water partition coefficient (Wildman–Crippen LogP) is 3.29. The normalized spacial score (nSPS) is 22.2. The van der Waals surface area contributed by atoms with Gasteiger partial charge in [-0.3, -0.25) is 0 Å². The molecule has 0 aromatic carbocycles. The summed E-state index contributed by atoms with van der Waals surface area (Å²) in [5.74, 6) is 1.67. The summed E-state index contributed by atoms with van der Waals surface area (Å²) < 4.78 is 12.2. The average Bonchev–Trinajstić information content (AvgIpc) is 2.86. The van der Waals surface area contributed by atoms with Crippen LogP contribution < -0.4 is 5.32 Å². The summed E-state index contributed by atoms with van der Waals surface area (Å²) in [5, 5.41) is 3.37. The van der Waals surface area contributed by atoms with Crippen molar-refractivity contribution in [1.82, 2.24) is 9.97 Å². The SMILES string of the molecule is CCCNc1nc(C2CCC(C)O2)nc(COC)c1I. The molecule has 20 heavy (non-hydrogen) atoms. The molecule has 2 atom stereocenters. The van der Waals surface area contributed by atoms with E-state index in [-0.39, 0.29) is 6.10 Å². The van der Waals surface area contributed by atoms with Crippen molar-refractivity contribution < 1.29 is 9.47 Å². The van der Waals surface area contributed by atoms with Crippen LogP contribution in [0, 0.1) is 3.57 Å². The lowest BCUT2D eigenvalue weighted by molar-refractivity contribution is 0.0499. The third kappa shape index (κ3) is 3.79. The summed E-state index contributed by atoms with van der Waals surface area (Å²) in [7, 11) is 1.69. The van der Waals surface area contributed by atoms with Crippen LogP contribution in [0.2, 0.25) is 0 Å². The Morgan fingerprint density at radius 2 is 2.20 bits per heavy atom. The third-order valence-corrected chi connectivity index (χ3v) is 4.41. The van der Waals surface area contributed by atoms with E-state index >= 15 is 0 Å². The monoisotopic (exact) mass is 391 g/mol. The van der Waals surface area contributed by atoms with Crippen molar-refractivity contribution in [1.29, 1.82) is 0 Å². The second-order valence-electron chi connectivity index (χ2n) is 5.06. The molecule has 1 fully saturated rings. The molecule has 0 bridgehead atoms. The van der Waals surface area contributed by atoms with Crippen LogP contribution in [-0.4, -0.2) is 29.7 Å². The minimum Gasteiger partial charge on any atom is -0.378 e. The Bertz CT molecular complexity index is 456. The lowest BCUT2D eigenvalue weighted by Crippen LogP contribution is -2.14. The minimum absolute atomic E-state index is 0.0137. The molecule has 6 heteroatoms. The van der Waals surface area contributed by atoms with Crippen molar-refractivity contribution in [2.24, 2.45) is 0 Å². The Morgan fingerprint density at radius 3 is 2.80 bits per heavy atom. The summed E-state index contributed by atoms with van der Waals surface area (Å²) in [6.45, 7) is 5.64. The fourth-order valence-corrected chi connectivity index (χ4v) is 2.83. The van der Waals surface area contributed by atoms with Gasteiger partial charge in [0.05, 0.1) is 22.0 Å². The van der Waals surface area contributed by atoms with Gasteiger partial charge in [-0.2, -0.15) is 0 Å². The van der Waals surface area contributed by atoms with Crippen LogP contribution in [0.1, 0.15) is 50.7 Å². The van der Waals surface area contributed by atoms with Crippen LogP contribution in [0.15, 0.2) is 0 Å². The maximum Gasteiger partial charge on any atom is 0.159 e. The van der Waals surface area contributed by atoms with Gasteiger partial charge in [0.2, 0.25) is 0 Å². The minimum atomic E-state index is 0.0137. The smallest absolute Gasteiger partial charge is 0.159 e. The Hall–Kier alpha value is -0.470. The topological polar surface area (TPSA) is 56.3 Å². The van der Waals surface area contributed by atoms with Crippen LogP contribution in [0.4, 0.5) is 5.82 Å². The van der Waals surface area contributed by atoms with Gasteiger partial charge >= 0.3 is 0 Å². The van der Waals surface area contributed by atoms with Gasteiger partial charge in [-0.15, -0.1) is 0 Å². The van der Waals surface area contributed by atoms with Crippen molar-refractivity contribution in [2.75, 3.05) is 19.0 Å². The number of halogens is 1. The fraction of sp³-hybridized carbons (Fsp3) is 0.714. The standard InChI is InChI=1S/C14H22IN3O2/c1-4-7-16-14-12(15)10(8-19-3)17-13(18-14)11-6-5-9(2)20-11/h9,11H,4-8H2,1-3H3,(H,16,17,18). The quantitative estimate of drug-likeness (QED) is 0.755. The molecule has 2 rings (SSSR count). The zero-order valence-corrected chi connectivity index (χ0v) is 14.4. The molecule has 1 aliphatic heterocycles. The number of anilines is 1. The van der Waals surface area contributed by atoms with Gasteiger partial charge in [-0.05, 0) is 48.8 Å². The number of aromatic nitrogens is 2. The van der Waals surface area contributed by atoms with Crippen LogP contribution in [0.5, 0.6) is 0 Å². The van der Waals surface area contributed by atoms with Gasteiger partial charge in [0.25, 0.3) is 0 Å². The average molecular weight is 391 g/mol. The first kappa shape index (κ1) is 15.9. The highest BCUT2D eigenvalue weighted by Crippen LogP contribution is 2.32. The molecule has 0 saturated carbocycles. The van der Waals surface area contributed by atoms with Crippen molar-refractivity contribution >= 4 is 28.4 Å². The molecule has 2 unspecified atom stereocenters. The zero-order chi connectivity index (χ0) is 14.5. The summed E-state index contributed by atoms with van der Waals surface area (Å²) in [5.41, 5.74) is 0.930. The molecular weight excluding hydrogens is 369 g/mol. The van der Waals surface area contributed by atoms with Crippen molar-refractivity contribution in [3.05, 3.63) is 15.1 Å². The van der Waals surface area contributed by atoms with Gasteiger partial charge in [0.1, 0.15) is 11.9 Å². The largest absolute Gasteiger partial charge is 0.378 e. The van der Waals surface area contributed by atoms with E-state index in [9.17, 15) is 0 Å². The van der Waals surface area contributed by atoms with Gasteiger partial charge in [0.15, 0.2) is 5.82 Å². The Labute approximate surface area is 134 Å². The molecule has 1 aromatic rings. The summed E-state index contributed by atoms with van der Waals surface area (Å²) >= 11 is 2.28. The first-order chi connectivity index (χ1) is 9.65. The molecule has 1 aromatic heterocycles. The molecule has 0 aliphatic carbocycles. The summed E-state index contributed by atoms with van der Waals surface area (Å²) in [6, 6.07) is 0. The van der Waals surface area contributed by atoms with Crippen LogP contribution in [0.25, 0.3) is 0 Å². The highest BCUT2D eigenvalue weighted by molar-refractivity contribution is 14.1. The maximum atomic E-state index is 5.88. The van der Waals surface area contributed by atoms with E-state index < -0.39 is 0 Å². The zero-order valence-electron chi connectivity index (χ0n) is 12.3. The highest BCUT2D eigenvalue weighted by atomic mass is 127. The lowest BCUT2D eigenvalue weighted by Gasteiger charge is -2.15. The van der Waals surface area contributed by atoms with Gasteiger partial charge < -0.3 is 14.8 Å². The van der Waals surface area contributed by atoms with E-state index in [0.29, 0.717) is 12.7 Å². The number of ether oxygens (including phenoxy) is 2. The van der Waals surface area contributed by atoms with E-state index in [2.05, 4.69) is 51.7 Å². The van der Waals surface area contributed by atoms with E-state index in [1.54, 1.807) is 7.11 Å². The van der Waals surface area contributed by atoms with Crippen LogP contribution in [-0.2, 0) is 16.1 Å². The number of hydrogen-bond donors (Lipinski definition) is 1. The lowest BCUT2D eigenvalue weighted by atomic mass is 10.2. The predicted molar refractivity (Wildman–Crippen MR) is 86.8 cm³/mol. The molecule has 2 heterocycles. The maximum absolute atomic E-state index is 5.88.